The van der Waals surface area contributed by atoms with E-state index < -0.39 is 30.5 Å². The van der Waals surface area contributed by atoms with Gasteiger partial charge in [0.25, 0.3) is 0 Å². The van der Waals surface area contributed by atoms with Crippen molar-refractivity contribution in [3.05, 3.63) is 60.2 Å². The highest BCUT2D eigenvalue weighted by atomic mass is 19.4. The zero-order valence-corrected chi connectivity index (χ0v) is 16.9. The molecule has 0 aromatic heterocycles. The predicted octanol–water partition coefficient (Wildman–Crippen LogP) is 7.41. The normalized spacial score (nSPS) is 19.9. The molecule has 1 aliphatic rings. The molecule has 1 aliphatic carbocycles. The molecule has 30 heavy (non-hydrogen) atoms. The maximum absolute atomic E-state index is 14.2. The number of unbranched alkanes of at least 4 members (excludes halogenated alkanes) is 3. The van der Waals surface area contributed by atoms with Crippen molar-refractivity contribution in [3.8, 4) is 0 Å². The number of halogens is 7. The van der Waals surface area contributed by atoms with Crippen molar-refractivity contribution in [2.24, 2.45) is 0 Å². The van der Waals surface area contributed by atoms with Crippen LogP contribution < -0.4 is 5.32 Å². The first kappa shape index (κ1) is 26.2. The van der Waals surface area contributed by atoms with Gasteiger partial charge in [0.15, 0.2) is 11.8 Å². The zero-order chi connectivity index (χ0) is 22.7. The highest BCUT2D eigenvalue weighted by Gasteiger charge is 2.37. The molecule has 170 valence electrons. The van der Waals surface area contributed by atoms with E-state index in [2.05, 4.69) is 0 Å². The van der Waals surface area contributed by atoms with Crippen molar-refractivity contribution in [3.63, 3.8) is 0 Å². The summed E-state index contributed by atoms with van der Waals surface area (Å²) >= 11 is 0. The molecule has 0 amide bonds. The third-order valence-corrected chi connectivity index (χ3v) is 4.67. The summed E-state index contributed by atoms with van der Waals surface area (Å²) in [6.07, 6.45) is 0.572. The van der Waals surface area contributed by atoms with E-state index in [4.69, 9.17) is 0 Å². The Morgan fingerprint density at radius 1 is 0.967 bits per heavy atom. The van der Waals surface area contributed by atoms with Gasteiger partial charge in [-0.05, 0) is 31.5 Å². The van der Waals surface area contributed by atoms with Gasteiger partial charge in [0.05, 0.1) is 0 Å². The van der Waals surface area contributed by atoms with Crippen LogP contribution in [0.15, 0.2) is 54.6 Å². The van der Waals surface area contributed by atoms with E-state index in [1.54, 1.807) is 17.5 Å². The van der Waals surface area contributed by atoms with Crippen LogP contribution in [0.5, 0.6) is 0 Å². The summed E-state index contributed by atoms with van der Waals surface area (Å²) in [7, 11) is 0.954. The Kier molecular flexibility index (Phi) is 10.6. The van der Waals surface area contributed by atoms with E-state index in [0.29, 0.717) is 12.8 Å². The van der Waals surface area contributed by atoms with E-state index in [1.165, 1.54) is 0 Å². The lowest BCUT2D eigenvalue weighted by atomic mass is 9.89. The Labute approximate surface area is 173 Å². The van der Waals surface area contributed by atoms with Gasteiger partial charge < -0.3 is 0 Å². The topological polar surface area (TPSA) is 12.0 Å². The second-order valence-corrected chi connectivity index (χ2v) is 7.13. The van der Waals surface area contributed by atoms with Gasteiger partial charge in [0.1, 0.15) is 0 Å². The molecule has 0 saturated carbocycles. The standard InChI is InChI=1S/C12H11F.C10H17F6N/c13-12(9-5-2-6-10-12)11-7-3-1-4-8-11;1-17-10(15,16)8(11)6-4-2-3-5-7-9(12,13)14/h1-9H,10H2;8,17H,2-7H2,1H3. The second kappa shape index (κ2) is 12.1. The number of nitrogens with one attached hydrogen (secondary N) is 1. The van der Waals surface area contributed by atoms with E-state index in [1.807, 2.05) is 42.5 Å². The first-order valence-corrected chi connectivity index (χ1v) is 9.86. The Bertz CT molecular complexity index is 655. The van der Waals surface area contributed by atoms with Crippen LogP contribution in [-0.4, -0.2) is 25.4 Å². The van der Waals surface area contributed by atoms with E-state index >= 15 is 0 Å². The van der Waals surface area contributed by atoms with E-state index in [0.717, 1.165) is 12.6 Å². The fourth-order valence-electron chi connectivity index (χ4n) is 2.86. The minimum Gasteiger partial charge on any atom is -0.259 e. The quantitative estimate of drug-likeness (QED) is 0.240. The first-order valence-electron chi connectivity index (χ1n) is 9.86. The van der Waals surface area contributed by atoms with Crippen LogP contribution in [0.4, 0.5) is 30.7 Å². The maximum atomic E-state index is 14.2. The SMILES string of the molecule is CNC(F)(F)C(F)CCCCCCC(F)(F)F.FC1(c2ccccc2)C=CC=CC1. The Balaban J connectivity index is 0.000000308. The minimum absolute atomic E-state index is 0.0388. The molecule has 8 heteroatoms. The lowest BCUT2D eigenvalue weighted by Gasteiger charge is -2.22. The molecule has 0 bridgehead atoms. The van der Waals surface area contributed by atoms with E-state index in [-0.39, 0.29) is 25.7 Å². The number of alkyl halides is 7. The molecule has 1 aromatic rings. The predicted molar refractivity (Wildman–Crippen MR) is 105 cm³/mol. The first-order chi connectivity index (χ1) is 14.0. The van der Waals surface area contributed by atoms with Gasteiger partial charge in [0.2, 0.25) is 0 Å². The molecule has 0 radical (unpaired) electrons. The second-order valence-electron chi connectivity index (χ2n) is 7.13. The van der Waals surface area contributed by atoms with E-state index in [9.17, 15) is 30.7 Å². The van der Waals surface area contributed by atoms with Crippen molar-refractivity contribution in [2.45, 2.75) is 69.0 Å². The van der Waals surface area contributed by atoms with Crippen LogP contribution in [0.1, 0.15) is 50.5 Å². The molecule has 1 N–H and O–H groups in total. The maximum Gasteiger partial charge on any atom is 0.389 e. The van der Waals surface area contributed by atoms with Crippen LogP contribution in [0.25, 0.3) is 0 Å². The molecule has 0 aliphatic heterocycles. The Hall–Kier alpha value is -1.83. The molecule has 2 rings (SSSR count). The number of rotatable bonds is 9. The van der Waals surface area contributed by atoms with Crippen LogP contribution in [0.2, 0.25) is 0 Å². The zero-order valence-electron chi connectivity index (χ0n) is 16.9. The van der Waals surface area contributed by atoms with Gasteiger partial charge >= 0.3 is 12.2 Å². The number of hydrogen-bond donors (Lipinski definition) is 1. The number of hydrogen-bond acceptors (Lipinski definition) is 1. The molecule has 0 saturated heterocycles. The third kappa shape index (κ3) is 9.78. The Morgan fingerprint density at radius 2 is 1.60 bits per heavy atom. The molecule has 1 aromatic carbocycles. The van der Waals surface area contributed by atoms with Crippen LogP contribution in [-0.2, 0) is 5.67 Å². The van der Waals surface area contributed by atoms with Crippen LogP contribution in [0.3, 0.4) is 0 Å². The number of allylic oxidation sites excluding steroid dienone is 4. The molecule has 0 heterocycles. The van der Waals surface area contributed by atoms with Crippen LogP contribution in [0, 0.1) is 0 Å². The average Bonchev–Trinajstić information content (AvgIpc) is 2.71. The molecule has 0 fully saturated rings. The fraction of sp³-hybridized carbons (Fsp3) is 0.545. The smallest absolute Gasteiger partial charge is 0.259 e. The lowest BCUT2D eigenvalue weighted by molar-refractivity contribution is -0.135. The van der Waals surface area contributed by atoms with Crippen molar-refractivity contribution < 1.29 is 30.7 Å². The third-order valence-electron chi connectivity index (χ3n) is 4.67. The Morgan fingerprint density at radius 3 is 2.13 bits per heavy atom. The summed E-state index contributed by atoms with van der Waals surface area (Å²) in [5.41, 5.74) is -0.564. The summed E-state index contributed by atoms with van der Waals surface area (Å²) in [5.74, 6) is 0. The molecular formula is C22H28F7N. The lowest BCUT2D eigenvalue weighted by Crippen LogP contribution is -2.42. The largest absolute Gasteiger partial charge is 0.389 e. The van der Waals surface area contributed by atoms with Crippen molar-refractivity contribution >= 4 is 0 Å². The van der Waals surface area contributed by atoms with Gasteiger partial charge in [-0.25, -0.2) is 8.78 Å². The van der Waals surface area contributed by atoms with Gasteiger partial charge in [-0.2, -0.15) is 22.0 Å². The van der Waals surface area contributed by atoms with Gasteiger partial charge in [-0.3, -0.25) is 5.32 Å². The molecule has 2 unspecified atom stereocenters. The summed E-state index contributed by atoms with van der Waals surface area (Å²) in [5, 5.41) is 1.56. The van der Waals surface area contributed by atoms with Crippen LogP contribution >= 0.6 is 0 Å². The van der Waals surface area contributed by atoms with Gasteiger partial charge in [0, 0.05) is 12.8 Å². The molecule has 1 nitrogen and oxygen atoms in total. The molecule has 2 atom stereocenters. The minimum atomic E-state index is -4.18. The van der Waals surface area contributed by atoms with Crippen molar-refractivity contribution in [1.82, 2.24) is 5.32 Å². The number of benzene rings is 1. The average molecular weight is 439 g/mol. The summed E-state index contributed by atoms with van der Waals surface area (Å²) in [4.78, 5) is 0. The van der Waals surface area contributed by atoms with Crippen molar-refractivity contribution in [2.75, 3.05) is 7.05 Å². The summed E-state index contributed by atoms with van der Waals surface area (Å²) in [6, 6.07) is 5.71. The molecule has 0 spiro atoms. The fourth-order valence-corrected chi connectivity index (χ4v) is 2.86. The molecular weight excluding hydrogens is 411 g/mol. The van der Waals surface area contributed by atoms with Gasteiger partial charge in [-0.1, -0.05) is 67.8 Å². The van der Waals surface area contributed by atoms with Gasteiger partial charge in [-0.15, -0.1) is 0 Å². The highest BCUT2D eigenvalue weighted by molar-refractivity contribution is 5.32. The highest BCUT2D eigenvalue weighted by Crippen LogP contribution is 2.33. The van der Waals surface area contributed by atoms with Crippen molar-refractivity contribution in [1.29, 1.82) is 0 Å². The monoisotopic (exact) mass is 439 g/mol. The summed E-state index contributed by atoms with van der Waals surface area (Å²) in [6.45, 7) is 0. The summed E-state index contributed by atoms with van der Waals surface area (Å²) < 4.78 is 87.5.